The fourth-order valence-corrected chi connectivity index (χ4v) is 6.83. The van der Waals surface area contributed by atoms with E-state index in [2.05, 4.69) is 41.3 Å². The topological polar surface area (TPSA) is 83.9 Å². The summed E-state index contributed by atoms with van der Waals surface area (Å²) in [6, 6.07) is 18.1. The molecular weight excluding hydrogens is 494 g/mol. The predicted octanol–water partition coefficient (Wildman–Crippen LogP) is 5.17. The van der Waals surface area contributed by atoms with E-state index in [0.29, 0.717) is 5.65 Å². The molecule has 3 aromatic heterocycles. The van der Waals surface area contributed by atoms with Gasteiger partial charge in [-0.1, -0.05) is 18.2 Å². The van der Waals surface area contributed by atoms with Crippen LogP contribution in [0, 0.1) is 0 Å². The van der Waals surface area contributed by atoms with Gasteiger partial charge < -0.3 is 15.5 Å². The molecule has 1 saturated heterocycles. The maximum absolute atomic E-state index is 13.1. The maximum atomic E-state index is 13.1. The summed E-state index contributed by atoms with van der Waals surface area (Å²) in [5.41, 5.74) is 8.92. The van der Waals surface area contributed by atoms with Gasteiger partial charge >= 0.3 is 0 Å². The molecule has 1 saturated carbocycles. The Morgan fingerprint density at radius 1 is 1.00 bits per heavy atom. The monoisotopic (exact) mass is 523 g/mol. The Labute approximate surface area is 224 Å². The highest BCUT2D eigenvalue weighted by atomic mass is 32.1. The Balaban J connectivity index is 1.38. The summed E-state index contributed by atoms with van der Waals surface area (Å²) in [5.74, 6) is 0.727. The molecule has 1 aliphatic carbocycles. The SMILES string of the molecule is CN(C(=O)C1(N)CC1)c1ccc2sc3c(-c4cccn5c(=O)cc(N6CCCCC6)nc45)cccc3c2c1. The number of nitrogens with two attached hydrogens (primary N) is 1. The summed E-state index contributed by atoms with van der Waals surface area (Å²) in [4.78, 5) is 34.9. The largest absolute Gasteiger partial charge is 0.356 e. The standard InChI is InChI=1S/C30H29N5O2S/c1-33(29(37)30(31)12-13-30)19-10-11-24-23(17-19)21-8-5-7-20(27(21)38-24)22-9-6-16-35-26(36)18-25(32-28(22)35)34-14-3-2-4-15-34/h5-11,16-18H,2-4,12-15,31H2,1H3. The summed E-state index contributed by atoms with van der Waals surface area (Å²) in [7, 11) is 1.80. The van der Waals surface area contributed by atoms with Crippen LogP contribution in [0.1, 0.15) is 32.1 Å². The number of carbonyl (C=O) groups excluding carboxylic acids is 1. The van der Waals surface area contributed by atoms with E-state index in [-0.39, 0.29) is 11.5 Å². The molecule has 38 heavy (non-hydrogen) atoms. The summed E-state index contributed by atoms with van der Waals surface area (Å²) in [6.07, 6.45) is 6.75. The number of piperidine rings is 1. The number of pyridine rings is 1. The zero-order valence-electron chi connectivity index (χ0n) is 21.3. The number of amides is 1. The second-order valence-electron chi connectivity index (χ2n) is 10.6. The van der Waals surface area contributed by atoms with Crippen molar-refractivity contribution in [1.29, 1.82) is 0 Å². The van der Waals surface area contributed by atoms with Crippen molar-refractivity contribution in [2.45, 2.75) is 37.6 Å². The number of anilines is 2. The molecule has 0 radical (unpaired) electrons. The van der Waals surface area contributed by atoms with Crippen molar-refractivity contribution in [2.75, 3.05) is 29.9 Å². The molecule has 2 aromatic carbocycles. The predicted molar refractivity (Wildman–Crippen MR) is 155 cm³/mol. The van der Waals surface area contributed by atoms with Crippen LogP contribution in [0.3, 0.4) is 0 Å². The van der Waals surface area contributed by atoms with Gasteiger partial charge in [-0.15, -0.1) is 11.3 Å². The molecule has 192 valence electrons. The first-order chi connectivity index (χ1) is 18.4. The number of likely N-dealkylation sites (N-methyl/N-ethyl adjacent to an activating group) is 1. The summed E-state index contributed by atoms with van der Waals surface area (Å²) in [5, 5.41) is 2.22. The number of aromatic nitrogens is 2. The van der Waals surface area contributed by atoms with Crippen molar-refractivity contribution in [3.05, 3.63) is 71.1 Å². The van der Waals surface area contributed by atoms with Crippen LogP contribution in [-0.4, -0.2) is 41.0 Å². The van der Waals surface area contributed by atoms with E-state index in [9.17, 15) is 9.59 Å². The van der Waals surface area contributed by atoms with E-state index < -0.39 is 5.54 Å². The third kappa shape index (κ3) is 3.70. The van der Waals surface area contributed by atoms with Gasteiger partial charge in [-0.05, 0) is 62.4 Å². The molecule has 1 amide bonds. The zero-order valence-corrected chi connectivity index (χ0v) is 22.1. The first-order valence-corrected chi connectivity index (χ1v) is 14.0. The summed E-state index contributed by atoms with van der Waals surface area (Å²) in [6.45, 7) is 1.86. The molecule has 7 nitrogen and oxygen atoms in total. The Bertz CT molecular complexity index is 1800. The lowest BCUT2D eigenvalue weighted by Crippen LogP contribution is -2.43. The van der Waals surface area contributed by atoms with Crippen molar-refractivity contribution in [1.82, 2.24) is 9.38 Å². The molecule has 0 unspecified atom stereocenters. The third-order valence-corrected chi connectivity index (χ3v) is 9.25. The lowest BCUT2D eigenvalue weighted by Gasteiger charge is -2.27. The van der Waals surface area contributed by atoms with Crippen LogP contribution in [0.4, 0.5) is 11.5 Å². The van der Waals surface area contributed by atoms with Crippen LogP contribution < -0.4 is 21.1 Å². The van der Waals surface area contributed by atoms with Gasteiger partial charge in [0.25, 0.3) is 5.56 Å². The summed E-state index contributed by atoms with van der Waals surface area (Å²) >= 11 is 1.72. The van der Waals surface area contributed by atoms with Crippen LogP contribution in [0.2, 0.25) is 0 Å². The highest BCUT2D eigenvalue weighted by Crippen LogP contribution is 2.42. The fraction of sp³-hybridized carbons (Fsp3) is 0.300. The van der Waals surface area contributed by atoms with Crippen LogP contribution in [0.25, 0.3) is 36.9 Å². The lowest BCUT2D eigenvalue weighted by molar-refractivity contribution is -0.120. The summed E-state index contributed by atoms with van der Waals surface area (Å²) < 4.78 is 3.93. The lowest BCUT2D eigenvalue weighted by atomic mass is 10.0. The van der Waals surface area contributed by atoms with Gasteiger partial charge in [0.1, 0.15) is 11.5 Å². The molecule has 8 heteroatoms. The van der Waals surface area contributed by atoms with Gasteiger partial charge in [-0.25, -0.2) is 4.98 Å². The third-order valence-electron chi connectivity index (χ3n) is 8.03. The quantitative estimate of drug-likeness (QED) is 0.351. The van der Waals surface area contributed by atoms with Crippen molar-refractivity contribution < 1.29 is 4.79 Å². The van der Waals surface area contributed by atoms with Crippen LogP contribution in [-0.2, 0) is 4.79 Å². The molecule has 0 bridgehead atoms. The molecular formula is C30H29N5O2S. The number of hydrogen-bond donors (Lipinski definition) is 1. The molecule has 0 spiro atoms. The van der Waals surface area contributed by atoms with Crippen molar-refractivity contribution in [3.8, 4) is 11.1 Å². The van der Waals surface area contributed by atoms with Gasteiger partial charge in [0.2, 0.25) is 5.91 Å². The number of nitrogens with zero attached hydrogens (tertiary/aromatic N) is 4. The van der Waals surface area contributed by atoms with Crippen LogP contribution >= 0.6 is 11.3 Å². The zero-order chi connectivity index (χ0) is 26.0. The number of benzene rings is 2. The van der Waals surface area contributed by atoms with E-state index in [1.165, 1.54) is 6.42 Å². The van der Waals surface area contributed by atoms with Crippen molar-refractivity contribution >= 4 is 54.6 Å². The van der Waals surface area contributed by atoms with Gasteiger partial charge in [0.05, 0.1) is 5.54 Å². The van der Waals surface area contributed by atoms with E-state index in [1.54, 1.807) is 39.9 Å². The van der Waals surface area contributed by atoms with Crippen LogP contribution in [0.5, 0.6) is 0 Å². The Hall–Kier alpha value is -3.75. The highest BCUT2D eigenvalue weighted by molar-refractivity contribution is 7.26. The Morgan fingerprint density at radius 3 is 2.58 bits per heavy atom. The molecule has 5 aromatic rings. The number of hydrogen-bond acceptors (Lipinski definition) is 6. The second-order valence-corrected chi connectivity index (χ2v) is 11.7. The van der Waals surface area contributed by atoms with Gasteiger partial charge in [-0.3, -0.25) is 14.0 Å². The number of fused-ring (bicyclic) bond motifs is 4. The molecule has 2 fully saturated rings. The van der Waals surface area contributed by atoms with Gasteiger partial charge in [-0.2, -0.15) is 0 Å². The number of rotatable bonds is 4. The molecule has 2 aliphatic rings. The maximum Gasteiger partial charge on any atom is 0.259 e. The Kier molecular flexibility index (Phi) is 5.32. The van der Waals surface area contributed by atoms with Crippen molar-refractivity contribution in [3.63, 3.8) is 0 Å². The molecule has 1 aliphatic heterocycles. The molecule has 0 atom stereocenters. The van der Waals surface area contributed by atoms with E-state index in [1.807, 2.05) is 12.1 Å². The van der Waals surface area contributed by atoms with Crippen molar-refractivity contribution in [2.24, 2.45) is 5.73 Å². The van der Waals surface area contributed by atoms with E-state index >= 15 is 0 Å². The fourth-order valence-electron chi connectivity index (χ4n) is 5.62. The Morgan fingerprint density at radius 2 is 1.79 bits per heavy atom. The van der Waals surface area contributed by atoms with Gasteiger partial charge in [0, 0.05) is 69.4 Å². The average Bonchev–Trinajstić information content (AvgIpc) is 3.60. The minimum atomic E-state index is -0.708. The van der Waals surface area contributed by atoms with E-state index in [0.717, 1.165) is 81.6 Å². The first kappa shape index (κ1) is 23.4. The minimum absolute atomic E-state index is 0.0335. The molecule has 7 rings (SSSR count). The highest BCUT2D eigenvalue weighted by Gasteiger charge is 2.47. The van der Waals surface area contributed by atoms with Crippen LogP contribution in [0.15, 0.2) is 65.6 Å². The smallest absolute Gasteiger partial charge is 0.259 e. The number of carbonyl (C=O) groups is 1. The molecule has 2 N–H and O–H groups in total. The van der Waals surface area contributed by atoms with Gasteiger partial charge in [0.15, 0.2) is 0 Å². The van der Waals surface area contributed by atoms with E-state index in [4.69, 9.17) is 10.7 Å². The second kappa shape index (κ2) is 8.64. The average molecular weight is 524 g/mol. The molecule has 4 heterocycles. The first-order valence-electron chi connectivity index (χ1n) is 13.2. The number of thiophene rings is 1. The minimum Gasteiger partial charge on any atom is -0.356 e. The normalized spacial score (nSPS) is 16.8.